The second-order valence-corrected chi connectivity index (χ2v) is 9.09. The Hall–Kier alpha value is -1.51. The Kier molecular flexibility index (Phi) is 11.9. The Bertz CT molecular complexity index is 786. The first-order valence-corrected chi connectivity index (χ1v) is 12.3. The zero-order valence-corrected chi connectivity index (χ0v) is 19.5. The molecule has 0 aromatic heterocycles. The fraction of sp³-hybridized carbons (Fsp3) is 0.478. The lowest BCUT2D eigenvalue weighted by Gasteiger charge is -2.25. The van der Waals surface area contributed by atoms with Crippen LogP contribution in [0.1, 0.15) is 63.9 Å². The molecule has 5 heteroatoms. The minimum atomic E-state index is -3.65. The molecule has 0 bridgehead atoms. The van der Waals surface area contributed by atoms with Crippen molar-refractivity contribution < 1.29 is 8.42 Å². The molecule has 0 spiro atoms. The summed E-state index contributed by atoms with van der Waals surface area (Å²) >= 11 is 3.38. The van der Waals surface area contributed by atoms with Gasteiger partial charge in [-0.1, -0.05) is 71.8 Å². The molecule has 28 heavy (non-hydrogen) atoms. The van der Waals surface area contributed by atoms with Gasteiger partial charge in [-0.3, -0.25) is 4.31 Å². The SMILES string of the molecule is C=CCCCC#CCN(/C(=C\Br)CCCCCC)S(=O)(=O)c1ccc(C)cc1. The van der Waals surface area contributed by atoms with Gasteiger partial charge in [0.05, 0.1) is 11.4 Å². The fourth-order valence-electron chi connectivity index (χ4n) is 2.70. The van der Waals surface area contributed by atoms with E-state index in [9.17, 15) is 8.42 Å². The first-order valence-electron chi connectivity index (χ1n) is 9.92. The smallest absolute Gasteiger partial charge is 0.258 e. The summed E-state index contributed by atoms with van der Waals surface area (Å²) in [7, 11) is -3.65. The van der Waals surface area contributed by atoms with Crippen LogP contribution in [0.5, 0.6) is 0 Å². The molecule has 1 rings (SSSR count). The average molecular weight is 466 g/mol. The highest BCUT2D eigenvalue weighted by Gasteiger charge is 2.25. The van der Waals surface area contributed by atoms with E-state index in [4.69, 9.17) is 0 Å². The van der Waals surface area contributed by atoms with E-state index in [0.717, 1.165) is 56.2 Å². The van der Waals surface area contributed by atoms with Gasteiger partial charge in [0.25, 0.3) is 10.0 Å². The quantitative estimate of drug-likeness (QED) is 0.199. The molecule has 0 aliphatic carbocycles. The third-order valence-corrected chi connectivity index (χ3v) is 6.74. The predicted molar refractivity (Wildman–Crippen MR) is 123 cm³/mol. The molecule has 0 heterocycles. The van der Waals surface area contributed by atoms with E-state index in [1.807, 2.05) is 25.1 Å². The second kappa shape index (κ2) is 13.6. The summed E-state index contributed by atoms with van der Waals surface area (Å²) in [5, 5.41) is 0. The number of hydrogen-bond donors (Lipinski definition) is 0. The molecule has 0 N–H and O–H groups in total. The Balaban J connectivity index is 3.04. The molecule has 3 nitrogen and oxygen atoms in total. The van der Waals surface area contributed by atoms with E-state index in [0.29, 0.717) is 11.3 Å². The lowest BCUT2D eigenvalue weighted by atomic mass is 10.1. The average Bonchev–Trinajstić information content (AvgIpc) is 2.68. The van der Waals surface area contributed by atoms with Crippen molar-refractivity contribution in [3.05, 3.63) is 53.2 Å². The summed E-state index contributed by atoms with van der Waals surface area (Å²) in [6, 6.07) is 6.98. The number of hydrogen-bond acceptors (Lipinski definition) is 2. The summed E-state index contributed by atoms with van der Waals surface area (Å²) in [6.07, 6.45) is 9.53. The molecule has 0 amide bonds. The van der Waals surface area contributed by atoms with Crippen molar-refractivity contribution in [1.82, 2.24) is 4.31 Å². The van der Waals surface area contributed by atoms with Gasteiger partial charge in [0.2, 0.25) is 0 Å². The lowest BCUT2D eigenvalue weighted by molar-refractivity contribution is 0.487. The highest BCUT2D eigenvalue weighted by molar-refractivity contribution is 9.11. The zero-order chi connectivity index (χ0) is 20.8. The normalized spacial score (nSPS) is 11.6. The summed E-state index contributed by atoms with van der Waals surface area (Å²) in [6.45, 7) is 7.98. The van der Waals surface area contributed by atoms with Crippen molar-refractivity contribution in [2.45, 2.75) is 70.1 Å². The molecule has 1 aromatic rings. The maximum Gasteiger partial charge on any atom is 0.264 e. The molecular weight excluding hydrogens is 434 g/mol. The topological polar surface area (TPSA) is 37.4 Å². The Morgan fingerprint density at radius 2 is 1.86 bits per heavy atom. The van der Waals surface area contributed by atoms with Crippen LogP contribution in [0.4, 0.5) is 0 Å². The molecule has 0 aliphatic heterocycles. The highest BCUT2D eigenvalue weighted by Crippen LogP contribution is 2.25. The molecule has 0 saturated heterocycles. The van der Waals surface area contributed by atoms with Crippen molar-refractivity contribution in [3.8, 4) is 11.8 Å². The van der Waals surface area contributed by atoms with Gasteiger partial charge in [-0.05, 0) is 44.7 Å². The molecule has 1 aromatic carbocycles. The van der Waals surface area contributed by atoms with E-state index in [-0.39, 0.29) is 6.54 Å². The fourth-order valence-corrected chi connectivity index (χ4v) is 4.73. The van der Waals surface area contributed by atoms with E-state index >= 15 is 0 Å². The second-order valence-electron chi connectivity index (χ2n) is 6.77. The maximum atomic E-state index is 13.3. The van der Waals surface area contributed by atoms with Crippen molar-refractivity contribution in [3.63, 3.8) is 0 Å². The van der Waals surface area contributed by atoms with Gasteiger partial charge < -0.3 is 0 Å². The third-order valence-electron chi connectivity index (χ3n) is 4.40. The van der Waals surface area contributed by atoms with Gasteiger partial charge >= 0.3 is 0 Å². The first kappa shape index (κ1) is 24.5. The Morgan fingerprint density at radius 3 is 2.46 bits per heavy atom. The maximum absolute atomic E-state index is 13.3. The number of aryl methyl sites for hydroxylation is 1. The Morgan fingerprint density at radius 1 is 1.14 bits per heavy atom. The molecule has 0 fully saturated rings. The van der Waals surface area contributed by atoms with Gasteiger partial charge in [0.1, 0.15) is 0 Å². The summed E-state index contributed by atoms with van der Waals surface area (Å²) in [4.78, 5) is 2.02. The standard InChI is InChI=1S/C23H32BrNO2S/c1-4-6-8-10-11-13-19-25(22(20-24)14-12-9-7-5-2)28(26,27)23-17-15-21(3)16-18-23/h4,15-18,20H,1,5-10,12,14,19H2,2-3H3/b22-20-. The largest absolute Gasteiger partial charge is 0.264 e. The number of allylic oxidation sites excluding steroid dienone is 2. The van der Waals surface area contributed by atoms with Crippen molar-refractivity contribution in [2.24, 2.45) is 0 Å². The monoisotopic (exact) mass is 465 g/mol. The van der Waals surface area contributed by atoms with Crippen LogP contribution in [0.15, 0.2) is 52.5 Å². The third kappa shape index (κ3) is 8.24. The van der Waals surface area contributed by atoms with Crippen LogP contribution < -0.4 is 0 Å². The van der Waals surface area contributed by atoms with Crippen molar-refractivity contribution >= 4 is 26.0 Å². The van der Waals surface area contributed by atoms with E-state index < -0.39 is 10.0 Å². The Labute approximate surface area is 180 Å². The zero-order valence-electron chi connectivity index (χ0n) is 17.1. The van der Waals surface area contributed by atoms with E-state index in [2.05, 4.69) is 41.3 Å². The molecule has 0 atom stereocenters. The minimum Gasteiger partial charge on any atom is -0.258 e. The van der Waals surface area contributed by atoms with E-state index in [1.54, 1.807) is 17.1 Å². The summed E-state index contributed by atoms with van der Waals surface area (Å²) in [5.74, 6) is 6.14. The first-order chi connectivity index (χ1) is 13.5. The van der Waals surface area contributed by atoms with Crippen LogP contribution >= 0.6 is 15.9 Å². The molecule has 0 aliphatic rings. The van der Waals surface area contributed by atoms with Crippen LogP contribution in [-0.2, 0) is 10.0 Å². The predicted octanol–water partition coefficient (Wildman–Crippen LogP) is 6.55. The summed E-state index contributed by atoms with van der Waals surface area (Å²) in [5.41, 5.74) is 1.78. The van der Waals surface area contributed by atoms with Gasteiger partial charge in [0, 0.05) is 17.1 Å². The summed E-state index contributed by atoms with van der Waals surface area (Å²) < 4.78 is 28.0. The van der Waals surface area contributed by atoms with Crippen molar-refractivity contribution in [2.75, 3.05) is 6.54 Å². The number of sulfonamides is 1. The number of rotatable bonds is 12. The van der Waals surface area contributed by atoms with Crippen LogP contribution in [-0.4, -0.2) is 19.3 Å². The number of nitrogens with zero attached hydrogens (tertiary/aromatic N) is 1. The van der Waals surface area contributed by atoms with Crippen LogP contribution in [0.3, 0.4) is 0 Å². The minimum absolute atomic E-state index is 0.162. The number of unbranched alkanes of at least 4 members (excludes halogenated alkanes) is 5. The van der Waals surface area contributed by atoms with Crippen LogP contribution in [0, 0.1) is 18.8 Å². The van der Waals surface area contributed by atoms with Crippen LogP contribution in [0.25, 0.3) is 0 Å². The molecule has 154 valence electrons. The van der Waals surface area contributed by atoms with Gasteiger partial charge in [0.15, 0.2) is 0 Å². The van der Waals surface area contributed by atoms with Crippen LogP contribution in [0.2, 0.25) is 0 Å². The van der Waals surface area contributed by atoms with Gasteiger partial charge in [-0.25, -0.2) is 8.42 Å². The van der Waals surface area contributed by atoms with Gasteiger partial charge in [-0.2, -0.15) is 0 Å². The highest BCUT2D eigenvalue weighted by atomic mass is 79.9. The number of halogens is 1. The molecule has 0 unspecified atom stereocenters. The van der Waals surface area contributed by atoms with Gasteiger partial charge in [-0.15, -0.1) is 12.5 Å². The molecular formula is C23H32BrNO2S. The van der Waals surface area contributed by atoms with E-state index in [1.165, 1.54) is 4.31 Å². The number of benzene rings is 1. The molecule has 0 saturated carbocycles. The lowest BCUT2D eigenvalue weighted by Crippen LogP contribution is -2.31. The molecule has 0 radical (unpaired) electrons. The van der Waals surface area contributed by atoms with Crippen molar-refractivity contribution in [1.29, 1.82) is 0 Å².